The van der Waals surface area contributed by atoms with E-state index >= 15 is 0 Å². The molecule has 1 aliphatic carbocycles. The summed E-state index contributed by atoms with van der Waals surface area (Å²) in [6.45, 7) is 2.11. The topological polar surface area (TPSA) is 26.3 Å². The zero-order valence-corrected chi connectivity index (χ0v) is 12.2. The van der Waals surface area contributed by atoms with E-state index in [2.05, 4.69) is 0 Å². The van der Waals surface area contributed by atoms with Gasteiger partial charge in [0.1, 0.15) is 5.82 Å². The summed E-state index contributed by atoms with van der Waals surface area (Å²) in [6, 6.07) is 14.1. The van der Waals surface area contributed by atoms with Crippen LogP contribution in [0.3, 0.4) is 0 Å². The molecule has 0 bridgehead atoms. The summed E-state index contributed by atoms with van der Waals surface area (Å²) >= 11 is 0. The molecule has 0 saturated heterocycles. The highest BCUT2D eigenvalue weighted by Gasteiger charge is 2.21. The highest BCUT2D eigenvalue weighted by atomic mass is 19.1. The van der Waals surface area contributed by atoms with Crippen molar-refractivity contribution < 1.29 is 13.9 Å². The maximum atomic E-state index is 13.1. The van der Waals surface area contributed by atoms with Gasteiger partial charge in [-0.2, -0.15) is 0 Å². The predicted octanol–water partition coefficient (Wildman–Crippen LogP) is 4.33. The Morgan fingerprint density at radius 3 is 2.59 bits per heavy atom. The number of halogens is 1. The van der Waals surface area contributed by atoms with E-state index < -0.39 is 0 Å². The zero-order chi connectivity index (χ0) is 15.5. The molecular weight excluding hydrogens is 279 g/mol. The summed E-state index contributed by atoms with van der Waals surface area (Å²) in [5.41, 5.74) is 4.59. The Bertz CT molecular complexity index is 770. The molecule has 3 rings (SSSR count). The van der Waals surface area contributed by atoms with Crippen molar-refractivity contribution in [2.45, 2.75) is 6.92 Å². The maximum Gasteiger partial charge on any atom is 0.331 e. The van der Waals surface area contributed by atoms with Crippen LogP contribution in [0.1, 0.15) is 23.6 Å². The van der Waals surface area contributed by atoms with E-state index in [1.54, 1.807) is 19.1 Å². The van der Waals surface area contributed by atoms with E-state index in [1.165, 1.54) is 18.2 Å². The first kappa shape index (κ1) is 14.3. The predicted molar refractivity (Wildman–Crippen MR) is 85.3 cm³/mol. The molecule has 22 heavy (non-hydrogen) atoms. The minimum atomic E-state index is -0.373. The maximum absolute atomic E-state index is 13.1. The van der Waals surface area contributed by atoms with Crippen molar-refractivity contribution in [3.63, 3.8) is 0 Å². The molecule has 0 radical (unpaired) electrons. The molecule has 0 aromatic heterocycles. The molecule has 0 amide bonds. The van der Waals surface area contributed by atoms with Crippen LogP contribution in [-0.2, 0) is 9.53 Å². The Morgan fingerprint density at radius 2 is 1.86 bits per heavy atom. The van der Waals surface area contributed by atoms with Gasteiger partial charge < -0.3 is 4.74 Å². The van der Waals surface area contributed by atoms with E-state index in [1.807, 2.05) is 30.3 Å². The van der Waals surface area contributed by atoms with E-state index in [4.69, 9.17) is 4.74 Å². The molecule has 0 N–H and O–H groups in total. The number of hydrogen-bond acceptors (Lipinski definition) is 2. The average Bonchev–Trinajstić information content (AvgIpc) is 2.87. The number of fused-ring (bicyclic) bond motifs is 1. The summed E-state index contributed by atoms with van der Waals surface area (Å²) in [6.07, 6.45) is 3.51. The number of carbonyl (C=O) groups excluding carboxylic acids is 1. The molecule has 110 valence electrons. The molecule has 0 spiro atoms. The van der Waals surface area contributed by atoms with Crippen LogP contribution in [0.25, 0.3) is 17.2 Å². The highest BCUT2D eigenvalue weighted by Crippen LogP contribution is 2.41. The minimum Gasteiger partial charge on any atom is -0.463 e. The van der Waals surface area contributed by atoms with E-state index in [0.717, 1.165) is 27.8 Å². The SMILES string of the molecule is CCOC(=O)/C=C1/C(c2ccc(F)cc2)=Cc2ccccc21. The Morgan fingerprint density at radius 1 is 1.14 bits per heavy atom. The van der Waals surface area contributed by atoms with Gasteiger partial charge in [-0.15, -0.1) is 0 Å². The summed E-state index contributed by atoms with van der Waals surface area (Å²) in [5, 5.41) is 0. The zero-order valence-electron chi connectivity index (χ0n) is 12.2. The Balaban J connectivity index is 2.08. The molecule has 0 heterocycles. The molecule has 0 saturated carbocycles. The molecule has 0 fully saturated rings. The fraction of sp³-hybridized carbons (Fsp3) is 0.105. The van der Waals surface area contributed by atoms with E-state index in [0.29, 0.717) is 6.61 Å². The van der Waals surface area contributed by atoms with Crippen molar-refractivity contribution in [1.29, 1.82) is 0 Å². The van der Waals surface area contributed by atoms with Gasteiger partial charge in [-0.05, 0) is 53.0 Å². The molecule has 0 unspecified atom stereocenters. The molecule has 0 atom stereocenters. The second kappa shape index (κ2) is 5.98. The molecule has 3 heteroatoms. The number of rotatable bonds is 3. The monoisotopic (exact) mass is 294 g/mol. The molecule has 0 aliphatic heterocycles. The van der Waals surface area contributed by atoms with Gasteiger partial charge in [0.05, 0.1) is 6.61 Å². The standard InChI is InChI=1S/C19H15FO2/c1-2-22-19(21)12-18-16-6-4-3-5-14(16)11-17(18)13-7-9-15(20)10-8-13/h3-12H,2H2,1H3/b18-12+. The van der Waals surface area contributed by atoms with Gasteiger partial charge in [-0.3, -0.25) is 0 Å². The third kappa shape index (κ3) is 2.70. The molecule has 2 aromatic rings. The van der Waals surface area contributed by atoms with Gasteiger partial charge in [0.15, 0.2) is 0 Å². The van der Waals surface area contributed by atoms with Crippen LogP contribution in [-0.4, -0.2) is 12.6 Å². The lowest BCUT2D eigenvalue weighted by molar-refractivity contribution is -0.137. The fourth-order valence-corrected chi connectivity index (χ4v) is 2.57. The van der Waals surface area contributed by atoms with Gasteiger partial charge in [-0.1, -0.05) is 36.4 Å². The fourth-order valence-electron chi connectivity index (χ4n) is 2.57. The largest absolute Gasteiger partial charge is 0.463 e. The van der Waals surface area contributed by atoms with Crippen LogP contribution in [0.5, 0.6) is 0 Å². The smallest absolute Gasteiger partial charge is 0.331 e. The van der Waals surface area contributed by atoms with Crippen LogP contribution < -0.4 is 0 Å². The molecular formula is C19H15FO2. The summed E-state index contributed by atoms with van der Waals surface area (Å²) in [5.74, 6) is -0.655. The first-order valence-corrected chi connectivity index (χ1v) is 7.15. The van der Waals surface area contributed by atoms with Crippen LogP contribution >= 0.6 is 0 Å². The summed E-state index contributed by atoms with van der Waals surface area (Å²) in [4.78, 5) is 11.9. The van der Waals surface area contributed by atoms with Crippen molar-refractivity contribution in [3.05, 3.63) is 77.1 Å². The number of hydrogen-bond donors (Lipinski definition) is 0. The third-order valence-electron chi connectivity index (χ3n) is 3.54. The number of benzene rings is 2. The Labute approximate surface area is 128 Å². The van der Waals surface area contributed by atoms with Crippen molar-refractivity contribution >= 4 is 23.2 Å². The second-order valence-corrected chi connectivity index (χ2v) is 4.96. The van der Waals surface area contributed by atoms with Gasteiger partial charge in [-0.25, -0.2) is 9.18 Å². The van der Waals surface area contributed by atoms with E-state index in [-0.39, 0.29) is 11.8 Å². The van der Waals surface area contributed by atoms with Crippen LogP contribution in [0.4, 0.5) is 4.39 Å². The van der Waals surface area contributed by atoms with E-state index in [9.17, 15) is 9.18 Å². The first-order chi connectivity index (χ1) is 10.7. The van der Waals surface area contributed by atoms with Crippen molar-refractivity contribution in [1.82, 2.24) is 0 Å². The third-order valence-corrected chi connectivity index (χ3v) is 3.54. The van der Waals surface area contributed by atoms with Crippen molar-refractivity contribution in [2.24, 2.45) is 0 Å². The van der Waals surface area contributed by atoms with Crippen LogP contribution in [0.2, 0.25) is 0 Å². The lowest BCUT2D eigenvalue weighted by Crippen LogP contribution is -2.01. The van der Waals surface area contributed by atoms with Gasteiger partial charge in [0.25, 0.3) is 0 Å². The van der Waals surface area contributed by atoms with Crippen molar-refractivity contribution in [2.75, 3.05) is 6.61 Å². The molecule has 2 aromatic carbocycles. The quantitative estimate of drug-likeness (QED) is 0.622. The van der Waals surface area contributed by atoms with Crippen LogP contribution in [0, 0.1) is 5.82 Å². The summed E-state index contributed by atoms with van der Waals surface area (Å²) < 4.78 is 18.2. The van der Waals surface area contributed by atoms with Gasteiger partial charge in [0, 0.05) is 6.08 Å². The normalized spacial score (nSPS) is 14.6. The highest BCUT2D eigenvalue weighted by molar-refractivity contribution is 6.20. The molecule has 1 aliphatic rings. The first-order valence-electron chi connectivity index (χ1n) is 7.15. The summed E-state index contributed by atoms with van der Waals surface area (Å²) in [7, 11) is 0. The van der Waals surface area contributed by atoms with Gasteiger partial charge >= 0.3 is 5.97 Å². The average molecular weight is 294 g/mol. The van der Waals surface area contributed by atoms with Crippen LogP contribution in [0.15, 0.2) is 54.6 Å². The Kier molecular flexibility index (Phi) is 3.88. The molecule has 2 nitrogen and oxygen atoms in total. The number of esters is 1. The minimum absolute atomic E-state index is 0.282. The Hall–Kier alpha value is -2.68. The van der Waals surface area contributed by atoms with Crippen molar-refractivity contribution in [3.8, 4) is 0 Å². The number of allylic oxidation sites excluding steroid dienone is 2. The lowest BCUT2D eigenvalue weighted by atomic mass is 9.97. The number of carbonyl (C=O) groups is 1. The second-order valence-electron chi connectivity index (χ2n) is 4.96. The number of ether oxygens (including phenoxy) is 1. The van der Waals surface area contributed by atoms with Gasteiger partial charge in [0.2, 0.25) is 0 Å². The lowest BCUT2D eigenvalue weighted by Gasteiger charge is -2.08.